The van der Waals surface area contributed by atoms with E-state index in [1.54, 1.807) is 42.5 Å². The molecule has 11 heteroatoms. The second kappa shape index (κ2) is 9.68. The number of nitrogens with zero attached hydrogens (tertiary/aromatic N) is 4. The van der Waals surface area contributed by atoms with Crippen molar-refractivity contribution in [3.63, 3.8) is 0 Å². The second-order valence-electron chi connectivity index (χ2n) is 5.92. The van der Waals surface area contributed by atoms with Crippen molar-refractivity contribution in [1.82, 2.24) is 25.5 Å². The lowest BCUT2D eigenvalue weighted by Gasteiger charge is -2.11. The first-order valence-electron chi connectivity index (χ1n) is 8.69. The number of anilines is 1. The van der Waals surface area contributed by atoms with Crippen LogP contribution in [0.5, 0.6) is 0 Å². The Morgan fingerprint density at radius 2 is 1.67 bits per heavy atom. The van der Waals surface area contributed by atoms with Crippen LogP contribution in [0.1, 0.15) is 20.7 Å². The molecule has 2 N–H and O–H groups in total. The van der Waals surface area contributed by atoms with E-state index in [1.807, 2.05) is 0 Å². The number of carbonyl (C=O) groups excluding carboxylic acids is 4. The predicted octanol–water partition coefficient (Wildman–Crippen LogP) is 0.425. The molecular formula is C19H16N6O5. The molecule has 0 saturated carbocycles. The zero-order chi connectivity index (χ0) is 21.3. The third-order valence-electron chi connectivity index (χ3n) is 3.74. The Kier molecular flexibility index (Phi) is 6.56. The average Bonchev–Trinajstić information content (AvgIpc) is 3.26. The van der Waals surface area contributed by atoms with E-state index in [1.165, 1.54) is 23.1 Å². The molecule has 2 aromatic carbocycles. The Morgan fingerprint density at radius 1 is 0.933 bits per heavy atom. The average molecular weight is 408 g/mol. The molecule has 0 spiro atoms. The Hall–Kier alpha value is -4.41. The summed E-state index contributed by atoms with van der Waals surface area (Å²) in [6.45, 7) is -0.815. The fraction of sp³-hybridized carbons (Fsp3) is 0.105. The van der Waals surface area contributed by atoms with E-state index in [2.05, 4.69) is 26.2 Å². The molecule has 0 saturated heterocycles. The van der Waals surface area contributed by atoms with Crippen LogP contribution in [-0.4, -0.2) is 50.5 Å². The molecule has 0 unspecified atom stereocenters. The minimum absolute atomic E-state index is 0.0461. The zero-order valence-corrected chi connectivity index (χ0v) is 15.5. The smallest absolute Gasteiger partial charge is 0.340 e. The number of benzene rings is 2. The number of esters is 1. The number of ether oxygens (including phenoxy) is 1. The normalized spacial score (nSPS) is 10.1. The molecule has 152 valence electrons. The van der Waals surface area contributed by atoms with E-state index in [4.69, 9.17) is 4.74 Å². The Balaban J connectivity index is 1.55. The number of para-hydroxylation sites is 1. The standard InChI is InChI=1S/C19H16N6O5/c26-16(10-25-12-20-23-24-25)21-15-9-5-4-8-14(15)19(29)30-11-17(27)22-18(28)13-6-2-1-3-7-13/h1-9,12H,10-11H2,(H,21,26)(H,22,27,28). The maximum Gasteiger partial charge on any atom is 0.340 e. The molecular weight excluding hydrogens is 392 g/mol. The highest BCUT2D eigenvalue weighted by molar-refractivity contribution is 6.06. The highest BCUT2D eigenvalue weighted by atomic mass is 16.5. The molecule has 0 atom stereocenters. The third-order valence-corrected chi connectivity index (χ3v) is 3.74. The number of amides is 3. The number of imide groups is 1. The molecule has 0 bridgehead atoms. The highest BCUT2D eigenvalue weighted by Crippen LogP contribution is 2.16. The van der Waals surface area contributed by atoms with Gasteiger partial charge in [-0.2, -0.15) is 0 Å². The molecule has 1 heterocycles. The summed E-state index contributed by atoms with van der Waals surface area (Å²) in [5.74, 6) is -2.69. The van der Waals surface area contributed by atoms with Gasteiger partial charge >= 0.3 is 5.97 Å². The minimum Gasteiger partial charge on any atom is -0.452 e. The minimum atomic E-state index is -0.837. The monoisotopic (exact) mass is 408 g/mol. The topological polar surface area (TPSA) is 145 Å². The Morgan fingerprint density at radius 3 is 2.40 bits per heavy atom. The molecule has 0 radical (unpaired) electrons. The van der Waals surface area contributed by atoms with Gasteiger partial charge in [0, 0.05) is 5.56 Å². The van der Waals surface area contributed by atoms with Gasteiger partial charge in [0.25, 0.3) is 11.8 Å². The van der Waals surface area contributed by atoms with E-state index in [0.29, 0.717) is 5.56 Å². The lowest BCUT2D eigenvalue weighted by atomic mass is 10.2. The van der Waals surface area contributed by atoms with Gasteiger partial charge in [0.1, 0.15) is 12.9 Å². The maximum absolute atomic E-state index is 12.3. The van der Waals surface area contributed by atoms with E-state index >= 15 is 0 Å². The van der Waals surface area contributed by atoms with E-state index in [0.717, 1.165) is 0 Å². The number of nitrogens with one attached hydrogen (secondary N) is 2. The van der Waals surface area contributed by atoms with Crippen molar-refractivity contribution in [2.24, 2.45) is 0 Å². The first-order chi connectivity index (χ1) is 14.5. The molecule has 11 nitrogen and oxygen atoms in total. The van der Waals surface area contributed by atoms with Crippen molar-refractivity contribution in [2.45, 2.75) is 6.54 Å². The fourth-order valence-electron chi connectivity index (χ4n) is 2.39. The van der Waals surface area contributed by atoms with E-state index < -0.39 is 30.3 Å². The number of hydrogen-bond donors (Lipinski definition) is 2. The lowest BCUT2D eigenvalue weighted by Crippen LogP contribution is -2.34. The summed E-state index contributed by atoms with van der Waals surface area (Å²) in [5, 5.41) is 15.1. The van der Waals surface area contributed by atoms with Crippen molar-refractivity contribution < 1.29 is 23.9 Å². The quantitative estimate of drug-likeness (QED) is 0.535. The Labute approximate surface area is 170 Å². The lowest BCUT2D eigenvalue weighted by molar-refractivity contribution is -0.123. The molecule has 3 aromatic rings. The van der Waals surface area contributed by atoms with Crippen LogP contribution in [0.15, 0.2) is 60.9 Å². The van der Waals surface area contributed by atoms with E-state index in [-0.39, 0.29) is 17.8 Å². The molecule has 3 rings (SSSR count). The van der Waals surface area contributed by atoms with Crippen molar-refractivity contribution >= 4 is 29.4 Å². The van der Waals surface area contributed by atoms with Crippen LogP contribution in [-0.2, 0) is 20.9 Å². The van der Waals surface area contributed by atoms with Crippen LogP contribution in [0.2, 0.25) is 0 Å². The summed E-state index contributed by atoms with van der Waals surface area (Å²) >= 11 is 0. The molecule has 3 amide bonds. The zero-order valence-electron chi connectivity index (χ0n) is 15.5. The maximum atomic E-state index is 12.3. The number of carbonyl (C=O) groups is 4. The van der Waals surface area contributed by atoms with Gasteiger partial charge in [0.2, 0.25) is 5.91 Å². The fourth-order valence-corrected chi connectivity index (χ4v) is 2.39. The SMILES string of the molecule is O=C(COC(=O)c1ccccc1NC(=O)Cn1cnnn1)NC(=O)c1ccccc1. The van der Waals surface area contributed by atoms with Crippen LogP contribution in [0, 0.1) is 0 Å². The Bertz CT molecular complexity index is 1050. The van der Waals surface area contributed by atoms with Crippen molar-refractivity contribution in [1.29, 1.82) is 0 Å². The van der Waals surface area contributed by atoms with Gasteiger partial charge in [0.05, 0.1) is 11.3 Å². The first-order valence-corrected chi connectivity index (χ1v) is 8.69. The van der Waals surface area contributed by atoms with Crippen LogP contribution >= 0.6 is 0 Å². The second-order valence-corrected chi connectivity index (χ2v) is 5.92. The molecule has 1 aromatic heterocycles. The molecule has 0 fully saturated rings. The van der Waals surface area contributed by atoms with E-state index in [9.17, 15) is 19.2 Å². The third kappa shape index (κ3) is 5.55. The predicted molar refractivity (Wildman–Crippen MR) is 102 cm³/mol. The van der Waals surface area contributed by atoms with Gasteiger partial charge in [-0.25, -0.2) is 9.48 Å². The summed E-state index contributed by atoms with van der Waals surface area (Å²) in [5.41, 5.74) is 0.541. The van der Waals surface area contributed by atoms with Crippen molar-refractivity contribution in [3.05, 3.63) is 72.1 Å². The largest absolute Gasteiger partial charge is 0.452 e. The highest BCUT2D eigenvalue weighted by Gasteiger charge is 2.17. The van der Waals surface area contributed by atoms with Gasteiger partial charge in [-0.05, 0) is 34.7 Å². The van der Waals surface area contributed by atoms with Gasteiger partial charge < -0.3 is 10.1 Å². The summed E-state index contributed by atoms with van der Waals surface area (Å²) in [6, 6.07) is 14.3. The number of rotatable bonds is 7. The van der Waals surface area contributed by atoms with Gasteiger partial charge in [-0.15, -0.1) is 5.10 Å². The summed E-state index contributed by atoms with van der Waals surface area (Å²) in [4.78, 5) is 48.3. The van der Waals surface area contributed by atoms with Crippen molar-refractivity contribution in [2.75, 3.05) is 11.9 Å². The molecule has 0 aliphatic carbocycles. The van der Waals surface area contributed by atoms with Crippen LogP contribution < -0.4 is 10.6 Å². The van der Waals surface area contributed by atoms with Gasteiger partial charge in [-0.3, -0.25) is 19.7 Å². The summed E-state index contributed by atoms with van der Waals surface area (Å²) in [7, 11) is 0. The van der Waals surface area contributed by atoms with Gasteiger partial charge in [0.15, 0.2) is 6.61 Å². The molecule has 0 aliphatic rings. The van der Waals surface area contributed by atoms with Crippen LogP contribution in [0.25, 0.3) is 0 Å². The number of aromatic nitrogens is 4. The van der Waals surface area contributed by atoms with Crippen LogP contribution in [0.3, 0.4) is 0 Å². The number of tetrazole rings is 1. The van der Waals surface area contributed by atoms with Crippen molar-refractivity contribution in [3.8, 4) is 0 Å². The van der Waals surface area contributed by atoms with Gasteiger partial charge in [-0.1, -0.05) is 30.3 Å². The van der Waals surface area contributed by atoms with Crippen LogP contribution in [0.4, 0.5) is 5.69 Å². The summed E-state index contributed by atoms with van der Waals surface area (Å²) in [6.07, 6.45) is 1.27. The molecule has 30 heavy (non-hydrogen) atoms. The first kappa shape index (κ1) is 20.3. The number of hydrogen-bond acceptors (Lipinski definition) is 8. The summed E-state index contributed by atoms with van der Waals surface area (Å²) < 4.78 is 6.18. The molecule has 0 aliphatic heterocycles.